The van der Waals surface area contributed by atoms with E-state index in [1.807, 2.05) is 0 Å². The molecule has 4 N–H and O–H groups in total. The van der Waals surface area contributed by atoms with Crippen molar-refractivity contribution in [2.45, 2.75) is 411 Å². The number of phosphoric ester groups is 2. The van der Waals surface area contributed by atoms with E-state index in [-0.39, 0.29) is 19.3 Å². The molecular formula is C95H166O16P2. The van der Waals surface area contributed by atoms with Crippen LogP contribution in [0.25, 0.3) is 0 Å². The third-order valence-electron chi connectivity index (χ3n) is 19.3. The third kappa shape index (κ3) is 88.3. The first-order chi connectivity index (χ1) is 55.2. The highest BCUT2D eigenvalue weighted by Crippen LogP contribution is 2.45. The normalized spacial score (nSPS) is 14.4. The lowest BCUT2D eigenvalue weighted by molar-refractivity contribution is -0.161. The summed E-state index contributed by atoms with van der Waals surface area (Å²) >= 11 is 0. The van der Waals surface area contributed by atoms with Gasteiger partial charge in [-0.1, -0.05) is 366 Å². The minimum absolute atomic E-state index is 0.0953. The van der Waals surface area contributed by atoms with Gasteiger partial charge in [0.15, 0.2) is 6.10 Å². The number of allylic oxidation sites excluding steroid dienone is 22. The first kappa shape index (κ1) is 109. The van der Waals surface area contributed by atoms with Crippen molar-refractivity contribution in [2.75, 3.05) is 39.6 Å². The molecule has 652 valence electrons. The van der Waals surface area contributed by atoms with Gasteiger partial charge in [-0.25, -0.2) is 9.13 Å². The number of rotatable bonds is 86. The lowest BCUT2D eigenvalue weighted by Gasteiger charge is -2.21. The molecule has 0 amide bonds. The average molecular weight is 1630 g/mol. The molecule has 0 aromatic carbocycles. The van der Waals surface area contributed by atoms with Crippen LogP contribution in [0.3, 0.4) is 0 Å². The quantitative estimate of drug-likeness (QED) is 0.0146. The fraction of sp³-hybridized carbons (Fsp3) is 0.737. The summed E-state index contributed by atoms with van der Waals surface area (Å²) in [4.78, 5) is 58.8. The second-order valence-corrected chi connectivity index (χ2v) is 33.3. The summed E-state index contributed by atoms with van der Waals surface area (Å²) in [5.74, 6) is -1.57. The summed E-state index contributed by atoms with van der Waals surface area (Å²) in [6.07, 6.45) is 108. The van der Waals surface area contributed by atoms with E-state index in [0.29, 0.717) is 19.3 Å². The van der Waals surface area contributed by atoms with Crippen LogP contribution in [-0.4, -0.2) is 95.9 Å². The lowest BCUT2D eigenvalue weighted by Crippen LogP contribution is -2.30. The Morgan fingerprint density at radius 2 is 0.469 bits per heavy atom. The maximum absolute atomic E-state index is 13.0. The van der Waals surface area contributed by atoms with Crippen molar-refractivity contribution in [3.8, 4) is 0 Å². The van der Waals surface area contributed by atoms with Crippen LogP contribution in [0.4, 0.5) is 0 Å². The van der Waals surface area contributed by atoms with Crippen LogP contribution in [-0.2, 0) is 55.8 Å². The van der Waals surface area contributed by atoms with E-state index < -0.39 is 91.5 Å². The molecule has 0 aliphatic carbocycles. The Labute approximate surface area is 690 Å². The second-order valence-electron chi connectivity index (χ2n) is 30.4. The summed E-state index contributed by atoms with van der Waals surface area (Å²) < 4.78 is 61.3. The molecular weight excluding hydrogens is 1460 g/mol. The maximum atomic E-state index is 13.0. The van der Waals surface area contributed by atoms with E-state index in [9.17, 15) is 43.5 Å². The number of phosphoric acid groups is 2. The standard InChI is InChI=1S/C95H166O16P2/c1-4-7-10-13-16-19-22-25-27-29-31-33-35-37-39-41-43-44-46-48-49-51-53-55-57-59-61-64-66-69-72-75-78-81-93(98)105-84-90(96)85-107-112(101,102)108-86-91(97)87-109-113(103,104)110-89-92(111-95(100)83-80-77-74-71-68-63-24-21-18-15-12-9-6-3)88-106-94(99)82-79-76-73-70-67-65-62-60-58-56-54-52-50-47-45-42-40-38-36-34-32-30-28-26-23-20-17-14-11-8-5-2/h7,10,16-17,19-21,24-28,31-34,37-40,43-44,90-92,96-97H,4-6,8-9,11-15,18,22-23,29-30,35-36,41-42,45-89H2,1-3H3,(H,101,102)(H,103,104)/b10-7-,19-16-,20-17-,24-21-,27-25-,28-26-,33-31-,34-32-,39-37-,40-38-,44-43-. The summed E-state index contributed by atoms with van der Waals surface area (Å²) in [7, 11) is -9.80. The van der Waals surface area contributed by atoms with Crippen LogP contribution in [0, 0.1) is 0 Å². The van der Waals surface area contributed by atoms with Crippen molar-refractivity contribution >= 4 is 33.6 Å². The Balaban J connectivity index is 4.41. The van der Waals surface area contributed by atoms with Crippen molar-refractivity contribution in [1.29, 1.82) is 0 Å². The molecule has 16 nitrogen and oxygen atoms in total. The maximum Gasteiger partial charge on any atom is 0.472 e. The second kappa shape index (κ2) is 87.0. The van der Waals surface area contributed by atoms with E-state index >= 15 is 0 Å². The molecule has 0 aliphatic rings. The van der Waals surface area contributed by atoms with Gasteiger partial charge in [0.1, 0.15) is 25.4 Å². The molecule has 0 saturated heterocycles. The molecule has 0 aliphatic heterocycles. The molecule has 0 bridgehead atoms. The number of hydrogen-bond acceptors (Lipinski definition) is 14. The average Bonchev–Trinajstić information content (AvgIpc) is 0.903. The number of ether oxygens (including phenoxy) is 3. The SMILES string of the molecule is CC/C=C\C/C=C\C/C=C\C/C=C\C/C=C\C/C=C\CCCCCCCCCCCCCCCCC(=O)OCC(O)COP(=O)(O)OCC(O)COP(=O)(O)OCC(COC(=O)CCCCCCCCCCCCCCCCC/C=C\C/C=C\C/C=C\C/C=C\CCCCC)OC(=O)CCCCCCC/C=C\CCCCCC. The highest BCUT2D eigenvalue weighted by molar-refractivity contribution is 7.47. The molecule has 0 fully saturated rings. The smallest absolute Gasteiger partial charge is 0.463 e. The van der Waals surface area contributed by atoms with Gasteiger partial charge in [0, 0.05) is 19.3 Å². The van der Waals surface area contributed by atoms with Crippen molar-refractivity contribution in [3.05, 3.63) is 134 Å². The van der Waals surface area contributed by atoms with Crippen molar-refractivity contribution in [1.82, 2.24) is 0 Å². The zero-order valence-corrected chi connectivity index (χ0v) is 73.6. The number of hydrogen-bond donors (Lipinski definition) is 4. The fourth-order valence-electron chi connectivity index (χ4n) is 12.4. The molecule has 5 unspecified atom stereocenters. The number of carbonyl (C=O) groups excluding carboxylic acids is 3. The molecule has 5 atom stereocenters. The van der Waals surface area contributed by atoms with Gasteiger partial charge in [0.2, 0.25) is 0 Å². The van der Waals surface area contributed by atoms with E-state index in [2.05, 4.69) is 154 Å². The topological polar surface area (TPSA) is 231 Å². The molecule has 0 rings (SSSR count). The largest absolute Gasteiger partial charge is 0.472 e. The Kier molecular flexibility index (Phi) is 83.7. The van der Waals surface area contributed by atoms with Gasteiger partial charge in [0.25, 0.3) is 0 Å². The molecule has 113 heavy (non-hydrogen) atoms. The van der Waals surface area contributed by atoms with E-state index in [0.717, 1.165) is 141 Å². The number of carbonyl (C=O) groups is 3. The Morgan fingerprint density at radius 3 is 0.770 bits per heavy atom. The van der Waals surface area contributed by atoms with Crippen molar-refractivity contribution in [3.63, 3.8) is 0 Å². The summed E-state index contributed by atoms with van der Waals surface area (Å²) in [5.41, 5.74) is 0. The van der Waals surface area contributed by atoms with Crippen molar-refractivity contribution < 1.29 is 75.8 Å². The molecule has 18 heteroatoms. The van der Waals surface area contributed by atoms with Crippen LogP contribution < -0.4 is 0 Å². The molecule has 0 radical (unpaired) electrons. The van der Waals surface area contributed by atoms with Crippen LogP contribution in [0.2, 0.25) is 0 Å². The minimum atomic E-state index is -4.93. The first-order valence-corrected chi connectivity index (χ1v) is 48.5. The molecule has 0 aromatic rings. The van der Waals surface area contributed by atoms with Gasteiger partial charge in [-0.3, -0.25) is 32.5 Å². The number of unbranched alkanes of at least 4 members (excludes halogenated alkanes) is 41. The summed E-state index contributed by atoms with van der Waals surface area (Å²) in [5, 5.41) is 20.7. The van der Waals surface area contributed by atoms with Crippen LogP contribution in [0.1, 0.15) is 393 Å². The Bertz CT molecular complexity index is 2580. The van der Waals surface area contributed by atoms with E-state index in [4.69, 9.17) is 32.3 Å². The van der Waals surface area contributed by atoms with E-state index in [1.54, 1.807) is 0 Å². The third-order valence-corrected chi connectivity index (χ3v) is 21.2. The zero-order valence-electron chi connectivity index (χ0n) is 71.8. The van der Waals surface area contributed by atoms with Crippen molar-refractivity contribution in [2.24, 2.45) is 0 Å². The summed E-state index contributed by atoms with van der Waals surface area (Å²) in [6, 6.07) is 0. The van der Waals surface area contributed by atoms with Crippen LogP contribution in [0.15, 0.2) is 134 Å². The fourth-order valence-corrected chi connectivity index (χ4v) is 14.0. The number of aliphatic hydroxyl groups excluding tert-OH is 2. The summed E-state index contributed by atoms with van der Waals surface area (Å²) in [6.45, 7) is 2.56. The van der Waals surface area contributed by atoms with Crippen LogP contribution >= 0.6 is 15.6 Å². The lowest BCUT2D eigenvalue weighted by atomic mass is 10.0. The number of aliphatic hydroxyl groups is 2. The molecule has 0 heterocycles. The van der Waals surface area contributed by atoms with Gasteiger partial charge in [-0.2, -0.15) is 0 Å². The predicted octanol–water partition coefficient (Wildman–Crippen LogP) is 27.8. The van der Waals surface area contributed by atoms with Gasteiger partial charge >= 0.3 is 33.6 Å². The molecule has 0 spiro atoms. The highest BCUT2D eigenvalue weighted by atomic mass is 31.2. The Hall–Kier alpha value is -4.31. The first-order valence-electron chi connectivity index (χ1n) is 45.5. The van der Waals surface area contributed by atoms with Crippen LogP contribution in [0.5, 0.6) is 0 Å². The zero-order chi connectivity index (χ0) is 82.2. The highest BCUT2D eigenvalue weighted by Gasteiger charge is 2.29. The van der Waals surface area contributed by atoms with Gasteiger partial charge in [-0.05, 0) is 141 Å². The van der Waals surface area contributed by atoms with Gasteiger partial charge in [-0.15, -0.1) is 0 Å². The molecule has 0 aromatic heterocycles. The van der Waals surface area contributed by atoms with E-state index in [1.165, 1.54) is 193 Å². The van der Waals surface area contributed by atoms with Gasteiger partial charge in [0.05, 0.1) is 26.4 Å². The predicted molar refractivity (Wildman–Crippen MR) is 473 cm³/mol. The number of esters is 3. The van der Waals surface area contributed by atoms with Gasteiger partial charge < -0.3 is 34.2 Å². The molecule has 0 saturated carbocycles. The Morgan fingerprint density at radius 1 is 0.257 bits per heavy atom. The minimum Gasteiger partial charge on any atom is -0.463 e. The monoisotopic (exact) mass is 1630 g/mol.